The average Bonchev–Trinajstić information content (AvgIpc) is 3.18. The summed E-state index contributed by atoms with van der Waals surface area (Å²) in [6.45, 7) is 5.55. The predicted octanol–water partition coefficient (Wildman–Crippen LogP) is 4.02. The Hall–Kier alpha value is -3.62. The molecular formula is C24H30N6O3. The lowest BCUT2D eigenvalue weighted by molar-refractivity contribution is 0.0492. The summed E-state index contributed by atoms with van der Waals surface area (Å²) >= 11 is 0. The lowest BCUT2D eigenvalue weighted by atomic mass is 9.91. The van der Waals surface area contributed by atoms with Gasteiger partial charge < -0.3 is 26.1 Å². The highest BCUT2D eigenvalue weighted by molar-refractivity contribution is 6.18. The van der Waals surface area contributed by atoms with E-state index in [1.54, 1.807) is 30.5 Å². The molecule has 3 aromatic rings. The topological polar surface area (TPSA) is 135 Å². The van der Waals surface area contributed by atoms with Crippen LogP contribution in [0.15, 0.2) is 36.8 Å². The Balaban J connectivity index is 1.45. The number of nitrogen functional groups attached to an aromatic ring is 1. The summed E-state index contributed by atoms with van der Waals surface area (Å²) in [5, 5.41) is 7.11. The molecule has 1 aliphatic carbocycles. The minimum absolute atomic E-state index is 0.0799. The van der Waals surface area contributed by atoms with Gasteiger partial charge in [-0.2, -0.15) is 0 Å². The third kappa shape index (κ3) is 5.42. The average molecular weight is 451 g/mol. The Morgan fingerprint density at radius 2 is 1.85 bits per heavy atom. The van der Waals surface area contributed by atoms with Gasteiger partial charge in [0, 0.05) is 29.5 Å². The summed E-state index contributed by atoms with van der Waals surface area (Å²) in [5.41, 5.74) is 7.48. The summed E-state index contributed by atoms with van der Waals surface area (Å²) in [7, 11) is 0. The first kappa shape index (κ1) is 22.6. The molecular weight excluding hydrogens is 420 g/mol. The normalized spacial score (nSPS) is 18.6. The first-order valence-electron chi connectivity index (χ1n) is 11.2. The number of hydrogen-bond acceptors (Lipinski definition) is 7. The van der Waals surface area contributed by atoms with Crippen molar-refractivity contribution in [1.29, 1.82) is 0 Å². The van der Waals surface area contributed by atoms with Crippen LogP contribution in [0.2, 0.25) is 0 Å². The standard InChI is InChI=1S/C24H30N6O3/c1-24(2,3)33-23(32)30-17-9-7-16(8-10-17)29-22-19-18(12-26-21(19)27-13-28-22)20(31)14-5-4-6-15(25)11-14/h4-6,11-13,16-17H,7-10,25H2,1-3H3,(H,30,32)(H2,26,27,28,29)/t16-,17+. The number of nitrogens with zero attached hydrogens (tertiary/aromatic N) is 2. The van der Waals surface area contributed by atoms with Crippen LogP contribution in [0.4, 0.5) is 16.3 Å². The number of amides is 1. The van der Waals surface area contributed by atoms with E-state index in [1.807, 2.05) is 20.8 Å². The van der Waals surface area contributed by atoms with Crippen molar-refractivity contribution in [2.24, 2.45) is 0 Å². The van der Waals surface area contributed by atoms with Crippen molar-refractivity contribution < 1.29 is 14.3 Å². The van der Waals surface area contributed by atoms with Gasteiger partial charge in [-0.3, -0.25) is 4.79 Å². The molecule has 9 heteroatoms. The Labute approximate surface area is 192 Å². The number of nitrogens with two attached hydrogens (primary N) is 1. The number of nitrogens with one attached hydrogen (secondary N) is 3. The zero-order chi connectivity index (χ0) is 23.6. The SMILES string of the molecule is CC(C)(C)OC(=O)N[C@H]1CC[C@@H](Nc2ncnc3[nH]cc(C(=O)c4cccc(N)c4)c23)CC1. The second kappa shape index (κ2) is 9.09. The molecule has 1 saturated carbocycles. The van der Waals surface area contributed by atoms with E-state index in [4.69, 9.17) is 10.5 Å². The zero-order valence-electron chi connectivity index (χ0n) is 19.1. The van der Waals surface area contributed by atoms with E-state index in [1.165, 1.54) is 6.33 Å². The summed E-state index contributed by atoms with van der Waals surface area (Å²) in [6, 6.07) is 7.17. The Kier molecular flexibility index (Phi) is 6.22. The first-order chi connectivity index (χ1) is 15.7. The molecule has 2 aromatic heterocycles. The van der Waals surface area contributed by atoms with Gasteiger partial charge in [-0.15, -0.1) is 0 Å². The number of rotatable bonds is 5. The van der Waals surface area contributed by atoms with Gasteiger partial charge in [0.15, 0.2) is 5.78 Å². The number of ether oxygens (including phenoxy) is 1. The summed E-state index contributed by atoms with van der Waals surface area (Å²) in [4.78, 5) is 37.0. The van der Waals surface area contributed by atoms with Crippen LogP contribution in [-0.4, -0.2) is 44.5 Å². The van der Waals surface area contributed by atoms with E-state index in [2.05, 4.69) is 25.6 Å². The summed E-state index contributed by atoms with van der Waals surface area (Å²) in [5.74, 6) is 0.480. The molecule has 1 aliphatic rings. The second-order valence-electron chi connectivity index (χ2n) is 9.44. The highest BCUT2D eigenvalue weighted by atomic mass is 16.6. The van der Waals surface area contributed by atoms with Crippen LogP contribution >= 0.6 is 0 Å². The molecule has 5 N–H and O–H groups in total. The van der Waals surface area contributed by atoms with Gasteiger partial charge in [0.25, 0.3) is 0 Å². The molecule has 1 amide bonds. The Morgan fingerprint density at radius 1 is 1.12 bits per heavy atom. The molecule has 0 radical (unpaired) electrons. The Bertz CT molecular complexity index is 1160. The molecule has 9 nitrogen and oxygen atoms in total. The molecule has 174 valence electrons. The molecule has 4 rings (SSSR count). The number of carbonyl (C=O) groups excluding carboxylic acids is 2. The van der Waals surface area contributed by atoms with E-state index in [0.717, 1.165) is 25.7 Å². The number of H-pyrrole nitrogens is 1. The maximum Gasteiger partial charge on any atom is 0.407 e. The molecule has 1 fully saturated rings. The molecule has 0 spiro atoms. The number of aromatic amines is 1. The Morgan fingerprint density at radius 3 is 2.55 bits per heavy atom. The molecule has 0 bridgehead atoms. The second-order valence-corrected chi connectivity index (χ2v) is 9.44. The first-order valence-corrected chi connectivity index (χ1v) is 11.2. The van der Waals surface area contributed by atoms with E-state index < -0.39 is 5.60 Å². The van der Waals surface area contributed by atoms with Crippen molar-refractivity contribution in [3.8, 4) is 0 Å². The zero-order valence-corrected chi connectivity index (χ0v) is 19.1. The monoisotopic (exact) mass is 450 g/mol. The predicted molar refractivity (Wildman–Crippen MR) is 127 cm³/mol. The molecule has 33 heavy (non-hydrogen) atoms. The smallest absolute Gasteiger partial charge is 0.407 e. The van der Waals surface area contributed by atoms with Gasteiger partial charge in [-0.05, 0) is 58.6 Å². The van der Waals surface area contributed by atoms with Gasteiger partial charge >= 0.3 is 6.09 Å². The van der Waals surface area contributed by atoms with E-state index in [-0.39, 0.29) is 24.0 Å². The highest BCUT2D eigenvalue weighted by Gasteiger charge is 2.26. The minimum atomic E-state index is -0.515. The number of alkyl carbamates (subject to hydrolysis) is 1. The van der Waals surface area contributed by atoms with Crippen LogP contribution in [0, 0.1) is 0 Å². The van der Waals surface area contributed by atoms with Crippen LogP contribution in [0.5, 0.6) is 0 Å². The van der Waals surface area contributed by atoms with Crippen molar-refractivity contribution in [2.75, 3.05) is 11.1 Å². The number of anilines is 2. The van der Waals surface area contributed by atoms with E-state index in [0.29, 0.717) is 33.7 Å². The fourth-order valence-electron chi connectivity index (χ4n) is 4.14. The number of aromatic nitrogens is 3. The van der Waals surface area contributed by atoms with Crippen LogP contribution < -0.4 is 16.4 Å². The number of carbonyl (C=O) groups is 2. The number of fused-ring (bicyclic) bond motifs is 1. The minimum Gasteiger partial charge on any atom is -0.444 e. The lowest BCUT2D eigenvalue weighted by Crippen LogP contribution is -2.42. The van der Waals surface area contributed by atoms with Gasteiger partial charge in [-0.25, -0.2) is 14.8 Å². The van der Waals surface area contributed by atoms with Crippen LogP contribution in [0.25, 0.3) is 11.0 Å². The van der Waals surface area contributed by atoms with Crippen LogP contribution in [-0.2, 0) is 4.74 Å². The molecule has 2 heterocycles. The van der Waals surface area contributed by atoms with E-state index >= 15 is 0 Å². The van der Waals surface area contributed by atoms with Gasteiger partial charge in [-0.1, -0.05) is 12.1 Å². The number of ketones is 1. The van der Waals surface area contributed by atoms with Crippen molar-refractivity contribution >= 4 is 34.4 Å². The van der Waals surface area contributed by atoms with Crippen molar-refractivity contribution in [1.82, 2.24) is 20.3 Å². The highest BCUT2D eigenvalue weighted by Crippen LogP contribution is 2.29. The van der Waals surface area contributed by atoms with E-state index in [9.17, 15) is 9.59 Å². The van der Waals surface area contributed by atoms with Crippen LogP contribution in [0.1, 0.15) is 62.4 Å². The fourth-order valence-corrected chi connectivity index (χ4v) is 4.14. The third-order valence-electron chi connectivity index (χ3n) is 5.65. The van der Waals surface area contributed by atoms with Crippen molar-refractivity contribution in [3.05, 3.63) is 47.9 Å². The molecule has 0 aliphatic heterocycles. The maximum absolute atomic E-state index is 13.2. The summed E-state index contributed by atoms with van der Waals surface area (Å²) < 4.78 is 5.36. The molecule has 0 unspecified atom stereocenters. The quantitative estimate of drug-likeness (QED) is 0.340. The molecule has 1 aromatic carbocycles. The number of hydrogen-bond donors (Lipinski definition) is 4. The third-order valence-corrected chi connectivity index (χ3v) is 5.65. The lowest BCUT2D eigenvalue weighted by Gasteiger charge is -2.30. The maximum atomic E-state index is 13.2. The number of benzene rings is 1. The van der Waals surface area contributed by atoms with Crippen molar-refractivity contribution in [2.45, 2.75) is 64.1 Å². The van der Waals surface area contributed by atoms with Gasteiger partial charge in [0.05, 0.1) is 10.9 Å². The summed E-state index contributed by atoms with van der Waals surface area (Å²) in [6.07, 6.45) is 6.13. The fraction of sp³-hybridized carbons (Fsp3) is 0.417. The molecule has 0 atom stereocenters. The molecule has 0 saturated heterocycles. The van der Waals surface area contributed by atoms with Gasteiger partial charge in [0.2, 0.25) is 0 Å². The largest absolute Gasteiger partial charge is 0.444 e. The van der Waals surface area contributed by atoms with Crippen molar-refractivity contribution in [3.63, 3.8) is 0 Å². The van der Waals surface area contributed by atoms with Crippen LogP contribution in [0.3, 0.4) is 0 Å². The van der Waals surface area contributed by atoms with Gasteiger partial charge in [0.1, 0.15) is 23.4 Å².